The molecule has 8 heteroatoms. The second kappa shape index (κ2) is 9.70. The molecule has 0 spiro atoms. The molecular weight excluding hydrogens is 392 g/mol. The molecule has 0 atom stereocenters. The predicted molar refractivity (Wildman–Crippen MR) is 112 cm³/mol. The lowest BCUT2D eigenvalue weighted by molar-refractivity contribution is -0.142. The molecule has 0 aliphatic rings. The van der Waals surface area contributed by atoms with E-state index in [1.54, 1.807) is 37.5 Å². The van der Waals surface area contributed by atoms with E-state index < -0.39 is 18.5 Å². The van der Waals surface area contributed by atoms with Gasteiger partial charge < -0.3 is 14.2 Å². The predicted octanol–water partition coefficient (Wildman–Crippen LogP) is 3.90. The van der Waals surface area contributed by atoms with E-state index in [0.29, 0.717) is 11.7 Å². The number of hydrogen-bond acceptors (Lipinski definition) is 7. The zero-order chi connectivity index (χ0) is 20.6. The minimum atomic E-state index is -0.610. The highest BCUT2D eigenvalue weighted by Crippen LogP contribution is 2.29. The molecule has 0 aliphatic carbocycles. The maximum atomic E-state index is 12.0. The third-order valence-corrected chi connectivity index (χ3v) is 4.72. The van der Waals surface area contributed by atoms with Crippen molar-refractivity contribution < 1.29 is 23.8 Å². The summed E-state index contributed by atoms with van der Waals surface area (Å²) in [5.74, 6) is 0.409. The molecule has 1 amide bonds. The van der Waals surface area contributed by atoms with Crippen molar-refractivity contribution in [2.75, 3.05) is 25.6 Å². The highest BCUT2D eigenvalue weighted by Gasteiger charge is 2.10. The molecule has 0 saturated heterocycles. The summed E-state index contributed by atoms with van der Waals surface area (Å²) in [5.41, 5.74) is 1.57. The van der Waals surface area contributed by atoms with Gasteiger partial charge in [0.05, 0.1) is 23.9 Å². The van der Waals surface area contributed by atoms with Crippen LogP contribution in [0.5, 0.6) is 11.5 Å². The Morgan fingerprint density at radius 3 is 2.62 bits per heavy atom. The fraction of sp³-hybridized carbons (Fsp3) is 0.190. The molecule has 7 nitrogen and oxygen atoms in total. The molecule has 3 rings (SSSR count). The van der Waals surface area contributed by atoms with Crippen molar-refractivity contribution in [2.24, 2.45) is 0 Å². The minimum absolute atomic E-state index is 0.397. The van der Waals surface area contributed by atoms with E-state index in [1.165, 1.54) is 17.4 Å². The van der Waals surface area contributed by atoms with E-state index in [4.69, 9.17) is 14.2 Å². The summed E-state index contributed by atoms with van der Waals surface area (Å²) >= 11 is 1.32. The number of hydrogen-bond donors (Lipinski definition) is 1. The summed E-state index contributed by atoms with van der Waals surface area (Å²) in [6.45, 7) is 2.09. The molecule has 3 aromatic rings. The normalized spacial score (nSPS) is 10.8. The number of ether oxygens (including phenoxy) is 3. The standard InChI is InChI=1S/C21H20N2O5S/c1-3-27-16-9-10-17-18(12-16)29-21(22-17)23-19(24)13-28-20(25)11-6-14-4-7-15(26-2)8-5-14/h4-12H,3,13H2,1-2H3,(H,22,23,24)/b11-6+. The Morgan fingerprint density at radius 1 is 1.14 bits per heavy atom. The first-order valence-electron chi connectivity index (χ1n) is 8.89. The number of nitrogens with one attached hydrogen (secondary N) is 1. The van der Waals surface area contributed by atoms with E-state index in [1.807, 2.05) is 25.1 Å². The van der Waals surface area contributed by atoms with Crippen LogP contribution in [0.25, 0.3) is 16.3 Å². The third kappa shape index (κ3) is 5.79. The van der Waals surface area contributed by atoms with E-state index in [-0.39, 0.29) is 0 Å². The van der Waals surface area contributed by atoms with Gasteiger partial charge in [0.1, 0.15) is 11.5 Å². The number of anilines is 1. The van der Waals surface area contributed by atoms with E-state index >= 15 is 0 Å². The third-order valence-electron chi connectivity index (χ3n) is 3.79. The second-order valence-electron chi connectivity index (χ2n) is 5.84. The van der Waals surface area contributed by atoms with Gasteiger partial charge in [0, 0.05) is 6.08 Å². The lowest BCUT2D eigenvalue weighted by Crippen LogP contribution is -2.19. The van der Waals surface area contributed by atoms with Gasteiger partial charge in [-0.25, -0.2) is 9.78 Å². The molecule has 0 fully saturated rings. The number of aromatic nitrogens is 1. The number of fused-ring (bicyclic) bond motifs is 1. The zero-order valence-electron chi connectivity index (χ0n) is 16.0. The highest BCUT2D eigenvalue weighted by atomic mass is 32.1. The summed E-state index contributed by atoms with van der Waals surface area (Å²) in [5, 5.41) is 3.07. The molecule has 29 heavy (non-hydrogen) atoms. The molecule has 1 N–H and O–H groups in total. The average Bonchev–Trinajstić information content (AvgIpc) is 3.12. The van der Waals surface area contributed by atoms with Gasteiger partial charge in [-0.15, -0.1) is 0 Å². The van der Waals surface area contributed by atoms with Gasteiger partial charge in [0.2, 0.25) is 0 Å². The number of amides is 1. The zero-order valence-corrected chi connectivity index (χ0v) is 16.8. The Bertz CT molecular complexity index is 1030. The maximum Gasteiger partial charge on any atom is 0.331 e. The molecule has 0 saturated carbocycles. The summed E-state index contributed by atoms with van der Waals surface area (Å²) in [4.78, 5) is 28.2. The van der Waals surface area contributed by atoms with E-state index in [9.17, 15) is 9.59 Å². The van der Waals surface area contributed by atoms with Gasteiger partial charge >= 0.3 is 5.97 Å². The molecule has 1 heterocycles. The number of methoxy groups -OCH3 is 1. The molecule has 1 aromatic heterocycles. The number of carbonyl (C=O) groups is 2. The fourth-order valence-corrected chi connectivity index (χ4v) is 3.34. The van der Waals surface area contributed by atoms with Crippen molar-refractivity contribution in [2.45, 2.75) is 6.92 Å². The van der Waals surface area contributed by atoms with Crippen LogP contribution < -0.4 is 14.8 Å². The lowest BCUT2D eigenvalue weighted by Gasteiger charge is -2.02. The summed E-state index contributed by atoms with van der Waals surface area (Å²) < 4.78 is 16.4. The number of carbonyl (C=O) groups excluding carboxylic acids is 2. The van der Waals surface area contributed by atoms with Crippen LogP contribution in [0.1, 0.15) is 12.5 Å². The van der Waals surface area contributed by atoms with Crippen molar-refractivity contribution in [1.29, 1.82) is 0 Å². The summed E-state index contributed by atoms with van der Waals surface area (Å²) in [6.07, 6.45) is 2.87. The number of rotatable bonds is 8. The highest BCUT2D eigenvalue weighted by molar-refractivity contribution is 7.22. The van der Waals surface area contributed by atoms with Crippen molar-refractivity contribution in [3.05, 3.63) is 54.1 Å². The van der Waals surface area contributed by atoms with Crippen LogP contribution in [0.15, 0.2) is 48.5 Å². The number of esters is 1. The SMILES string of the molecule is CCOc1ccc2nc(NC(=O)COC(=O)/C=C/c3ccc(OC)cc3)sc2c1. The first kappa shape index (κ1) is 20.3. The average molecular weight is 412 g/mol. The Morgan fingerprint density at radius 2 is 1.90 bits per heavy atom. The quantitative estimate of drug-likeness (QED) is 0.446. The van der Waals surface area contributed by atoms with Crippen molar-refractivity contribution >= 4 is 44.6 Å². The van der Waals surface area contributed by atoms with Gasteiger partial charge in [-0.1, -0.05) is 23.5 Å². The Kier molecular flexibility index (Phi) is 6.80. The maximum absolute atomic E-state index is 12.0. The molecule has 2 aromatic carbocycles. The van der Waals surface area contributed by atoms with Crippen LogP contribution in [0, 0.1) is 0 Å². The Hall–Kier alpha value is -3.39. The Labute approximate surface area is 171 Å². The van der Waals surface area contributed by atoms with Crippen LogP contribution in [-0.2, 0) is 14.3 Å². The fourth-order valence-electron chi connectivity index (χ4n) is 2.43. The molecular formula is C21H20N2O5S. The second-order valence-corrected chi connectivity index (χ2v) is 6.87. The topological polar surface area (TPSA) is 86.8 Å². The molecule has 0 aliphatic heterocycles. The summed E-state index contributed by atoms with van der Waals surface area (Å²) in [7, 11) is 1.58. The largest absolute Gasteiger partial charge is 0.497 e. The summed E-state index contributed by atoms with van der Waals surface area (Å²) in [6, 6.07) is 12.7. The number of thiazole rings is 1. The monoisotopic (exact) mass is 412 g/mol. The van der Waals surface area contributed by atoms with Gasteiger partial charge in [0.25, 0.3) is 5.91 Å². The molecule has 0 bridgehead atoms. The van der Waals surface area contributed by atoms with Crippen LogP contribution in [0.3, 0.4) is 0 Å². The first-order valence-corrected chi connectivity index (χ1v) is 9.71. The smallest absolute Gasteiger partial charge is 0.331 e. The first-order chi connectivity index (χ1) is 14.1. The van der Waals surface area contributed by atoms with Crippen molar-refractivity contribution in [3.63, 3.8) is 0 Å². The molecule has 0 unspecified atom stereocenters. The van der Waals surface area contributed by atoms with E-state index in [0.717, 1.165) is 27.3 Å². The van der Waals surface area contributed by atoms with E-state index in [2.05, 4.69) is 10.3 Å². The van der Waals surface area contributed by atoms with Crippen molar-refractivity contribution in [3.8, 4) is 11.5 Å². The Balaban J connectivity index is 1.50. The van der Waals surface area contributed by atoms with Gasteiger partial charge in [-0.3, -0.25) is 10.1 Å². The van der Waals surface area contributed by atoms with Crippen LogP contribution >= 0.6 is 11.3 Å². The van der Waals surface area contributed by atoms with Crippen LogP contribution in [0.4, 0.5) is 5.13 Å². The van der Waals surface area contributed by atoms with Gasteiger partial charge in [0.15, 0.2) is 11.7 Å². The molecule has 150 valence electrons. The number of benzene rings is 2. The van der Waals surface area contributed by atoms with Crippen LogP contribution in [-0.4, -0.2) is 37.2 Å². The van der Waals surface area contributed by atoms with Crippen molar-refractivity contribution in [1.82, 2.24) is 4.98 Å². The van der Waals surface area contributed by atoms with Gasteiger partial charge in [-0.2, -0.15) is 0 Å². The number of nitrogens with zero attached hydrogens (tertiary/aromatic N) is 1. The lowest BCUT2D eigenvalue weighted by atomic mass is 10.2. The van der Waals surface area contributed by atoms with Crippen LogP contribution in [0.2, 0.25) is 0 Å². The molecule has 0 radical (unpaired) electrons. The minimum Gasteiger partial charge on any atom is -0.497 e. The van der Waals surface area contributed by atoms with Gasteiger partial charge in [-0.05, 0) is 48.9 Å².